The zero-order valence-electron chi connectivity index (χ0n) is 65.7. The third kappa shape index (κ3) is 20.6. The molecular formula is C103H95Cl5N2O6. The lowest BCUT2D eigenvalue weighted by Gasteiger charge is -2.44. The smallest absolute Gasteiger partial charge is 0.335 e. The Morgan fingerprint density at radius 3 is 1.22 bits per heavy atom. The Kier molecular flexibility index (Phi) is 31.1. The van der Waals surface area contributed by atoms with Crippen molar-refractivity contribution in [1.29, 1.82) is 0 Å². The Balaban J connectivity index is 0.000000143. The van der Waals surface area contributed by atoms with Crippen LogP contribution in [0.25, 0.3) is 0 Å². The van der Waals surface area contributed by atoms with E-state index < -0.39 is 16.6 Å². The number of piperidine rings is 1. The van der Waals surface area contributed by atoms with Crippen LogP contribution in [-0.4, -0.2) is 55.7 Å². The highest BCUT2D eigenvalue weighted by atomic mass is 35.5. The summed E-state index contributed by atoms with van der Waals surface area (Å²) in [5, 5.41) is 15.0. The second-order valence-corrected chi connectivity index (χ2v) is 30.3. The number of nitrogens with two attached hydrogens (primary N) is 1. The van der Waals surface area contributed by atoms with Crippen LogP contribution in [0.5, 0.6) is 11.5 Å². The molecule has 8 nitrogen and oxygen atoms in total. The summed E-state index contributed by atoms with van der Waals surface area (Å²) in [6, 6.07) is 121. The number of anilines is 1. The van der Waals surface area contributed by atoms with E-state index >= 15 is 0 Å². The molecule has 1 saturated heterocycles. The van der Waals surface area contributed by atoms with Crippen LogP contribution in [0, 0.1) is 6.92 Å². The predicted molar refractivity (Wildman–Crippen MR) is 479 cm³/mol. The van der Waals surface area contributed by atoms with Crippen molar-refractivity contribution in [3.8, 4) is 11.5 Å². The minimum Gasteiger partial charge on any atom is -0.497 e. The van der Waals surface area contributed by atoms with Gasteiger partial charge in [0.15, 0.2) is 5.54 Å². The molecule has 0 aliphatic carbocycles. The molecule has 3 N–H and O–H groups in total. The van der Waals surface area contributed by atoms with Crippen LogP contribution in [0.15, 0.2) is 370 Å². The zero-order chi connectivity index (χ0) is 81.9. The molecule has 3 unspecified atom stereocenters. The van der Waals surface area contributed by atoms with Gasteiger partial charge in [0.2, 0.25) is 0 Å². The van der Waals surface area contributed by atoms with Crippen molar-refractivity contribution in [2.75, 3.05) is 39.6 Å². The summed E-state index contributed by atoms with van der Waals surface area (Å²) in [5.41, 5.74) is 19.2. The van der Waals surface area contributed by atoms with Crippen molar-refractivity contribution in [3.63, 3.8) is 0 Å². The summed E-state index contributed by atoms with van der Waals surface area (Å²) >= 11 is 32.1. The lowest BCUT2D eigenvalue weighted by Crippen LogP contribution is -2.55. The lowest BCUT2D eigenvalue weighted by atomic mass is 9.66. The summed E-state index contributed by atoms with van der Waals surface area (Å²) in [7, 11) is 3.30. The Bertz CT molecular complexity index is 5320. The molecule has 3 atom stereocenters. The number of rotatable bonds is 21. The number of ether oxygens (including phenoxy) is 3. The van der Waals surface area contributed by atoms with Crippen molar-refractivity contribution in [2.45, 2.75) is 74.8 Å². The van der Waals surface area contributed by atoms with E-state index in [1.165, 1.54) is 23.1 Å². The standard InChI is InChI=1S/C22H19ClO.C21H25NO2.C20H17Cl2N.C20H17ClO2.C20H17ClO/c1-17(24)16-22(18-10-4-2-5-11-18,19-12-6-3-7-13-19)20-14-8-9-15-21(20)23;1-2-24-20(23)21(18-12-6-3-7-13-18,19-14-8-4-9-15-19)22-16-10-5-11-17-22;1-13-6-8-14(9-7-13)20(16-4-2-3-5-18(16)22)17-12-15(21)10-11-19(17)23;1-23-17-13-11-16(12-14-17)20(22,15-7-3-2-4-8-15)18-9-5-6-10-19(18)21;1-22-17-13-11-16(12-14-17)20(15-7-3-2-4-8-15)18-9-5-6-10-19(18)21/h2-15H,16H2,1H3;3-4,6-9,12-15H,2,5,10-11,16-17H2,1H3;2-12,20H,23H2,1H3;2-14,22H,1H3;2-14,20H,1H3. The lowest BCUT2D eigenvalue weighted by molar-refractivity contribution is -0.156. The molecule has 0 spiro atoms. The molecule has 1 heterocycles. The number of hydrogen-bond acceptors (Lipinski definition) is 8. The number of Topliss-reactive ketones (excluding diaryl/α,β-unsaturated/α-hetero) is 1. The number of ketones is 1. The maximum atomic E-state index is 13.3. The van der Waals surface area contributed by atoms with Crippen LogP contribution in [0.3, 0.4) is 0 Å². The third-order valence-electron chi connectivity index (χ3n) is 20.9. The maximum absolute atomic E-state index is 13.3. The molecule has 14 aromatic carbocycles. The van der Waals surface area contributed by atoms with Crippen LogP contribution in [-0.2, 0) is 30.9 Å². The molecule has 0 bridgehead atoms. The number of nitrogen functional groups attached to an aromatic ring is 1. The van der Waals surface area contributed by atoms with Crippen LogP contribution in [0.4, 0.5) is 5.69 Å². The van der Waals surface area contributed by atoms with Gasteiger partial charge in [0.25, 0.3) is 0 Å². The molecule has 13 heteroatoms. The highest BCUT2D eigenvalue weighted by Gasteiger charge is 2.49. The Labute approximate surface area is 708 Å². The van der Waals surface area contributed by atoms with Gasteiger partial charge in [-0.1, -0.05) is 373 Å². The van der Waals surface area contributed by atoms with Gasteiger partial charge in [-0.2, -0.15) is 0 Å². The number of aliphatic hydroxyl groups is 1. The van der Waals surface area contributed by atoms with Gasteiger partial charge in [-0.3, -0.25) is 9.69 Å². The van der Waals surface area contributed by atoms with E-state index in [1.807, 2.05) is 274 Å². The first kappa shape index (κ1) is 85.9. The van der Waals surface area contributed by atoms with E-state index in [-0.39, 0.29) is 23.6 Å². The van der Waals surface area contributed by atoms with Crippen molar-refractivity contribution in [2.24, 2.45) is 0 Å². The average molecular weight is 1630 g/mol. The van der Waals surface area contributed by atoms with Gasteiger partial charge in [0.1, 0.15) is 22.9 Å². The molecule has 14 aromatic rings. The molecular weight excluding hydrogens is 1540 g/mol. The second kappa shape index (κ2) is 42.0. The van der Waals surface area contributed by atoms with Crippen LogP contribution >= 0.6 is 58.0 Å². The number of carbonyl (C=O) groups is 2. The molecule has 1 aliphatic heterocycles. The maximum Gasteiger partial charge on any atom is 0.335 e. The first-order valence-electron chi connectivity index (χ1n) is 38.8. The Morgan fingerprint density at radius 1 is 0.405 bits per heavy atom. The topological polar surface area (TPSA) is 111 Å². The van der Waals surface area contributed by atoms with Crippen molar-refractivity contribution in [3.05, 3.63) is 479 Å². The highest BCUT2D eigenvalue weighted by molar-refractivity contribution is 6.33. The second-order valence-electron chi connectivity index (χ2n) is 28.3. The number of benzene rings is 14. The fourth-order valence-electron chi connectivity index (χ4n) is 15.4. The fourth-order valence-corrected chi connectivity index (χ4v) is 16.6. The molecule has 1 fully saturated rings. The SMILES string of the molecule is CC(=O)CC(c1ccccc1)(c1ccccc1)c1ccccc1Cl.CCOC(=O)C(c1ccccc1)(c1ccccc1)N1CCCCC1.COc1ccc(C(O)(c2ccccc2)c2ccccc2Cl)cc1.COc1ccc(C(c2ccccc2)c2ccccc2Cl)cc1.Cc1ccc(C(c2cc(Cl)ccc2N)c2ccccc2Cl)cc1. The van der Waals surface area contributed by atoms with Crippen molar-refractivity contribution >= 4 is 75.4 Å². The van der Waals surface area contributed by atoms with Gasteiger partial charge in [0.05, 0.1) is 26.2 Å². The van der Waals surface area contributed by atoms with Crippen LogP contribution in [0.2, 0.25) is 25.1 Å². The largest absolute Gasteiger partial charge is 0.497 e. The summed E-state index contributed by atoms with van der Waals surface area (Å²) in [6.07, 6.45) is 3.81. The Morgan fingerprint density at radius 2 is 0.776 bits per heavy atom. The van der Waals surface area contributed by atoms with E-state index in [0.29, 0.717) is 39.3 Å². The van der Waals surface area contributed by atoms with Gasteiger partial charge in [-0.05, 0) is 186 Å². The van der Waals surface area contributed by atoms with E-state index in [1.54, 1.807) is 33.3 Å². The minimum atomic E-state index is -1.33. The van der Waals surface area contributed by atoms with Gasteiger partial charge >= 0.3 is 5.97 Å². The van der Waals surface area contributed by atoms with E-state index in [9.17, 15) is 14.7 Å². The predicted octanol–water partition coefficient (Wildman–Crippen LogP) is 25.9. The van der Waals surface area contributed by atoms with Crippen molar-refractivity contribution < 1.29 is 28.9 Å². The summed E-state index contributed by atoms with van der Waals surface area (Å²) < 4.78 is 16.1. The molecule has 0 amide bonds. The fraction of sp³-hybridized carbons (Fsp3) is 0.165. The molecule has 588 valence electrons. The first-order chi connectivity index (χ1) is 56.4. The molecule has 116 heavy (non-hydrogen) atoms. The van der Waals surface area contributed by atoms with Gasteiger partial charge in [0, 0.05) is 54.6 Å². The zero-order valence-corrected chi connectivity index (χ0v) is 69.5. The van der Waals surface area contributed by atoms with Gasteiger partial charge in [-0.25, -0.2) is 4.79 Å². The van der Waals surface area contributed by atoms with Crippen LogP contribution in [0.1, 0.15) is 135 Å². The van der Waals surface area contributed by atoms with E-state index in [2.05, 4.69) is 103 Å². The molecule has 1 aliphatic rings. The summed E-state index contributed by atoms with van der Waals surface area (Å²) in [4.78, 5) is 27.9. The van der Waals surface area contributed by atoms with Crippen molar-refractivity contribution in [1.82, 2.24) is 4.90 Å². The molecule has 15 rings (SSSR count). The number of aryl methyl sites for hydroxylation is 1. The number of esters is 1. The number of carbonyl (C=O) groups excluding carboxylic acids is 2. The number of hydrogen-bond donors (Lipinski definition) is 2. The minimum absolute atomic E-state index is 0.0528. The monoisotopic (exact) mass is 1630 g/mol. The van der Waals surface area contributed by atoms with Crippen LogP contribution < -0.4 is 15.2 Å². The summed E-state index contributed by atoms with van der Waals surface area (Å²) in [6.45, 7) is 7.77. The van der Waals surface area contributed by atoms with E-state index in [4.69, 9.17) is 77.9 Å². The molecule has 0 saturated carbocycles. The highest BCUT2D eigenvalue weighted by Crippen LogP contribution is 2.47. The Hall–Kier alpha value is -11.0. The first-order valence-corrected chi connectivity index (χ1v) is 40.7. The van der Waals surface area contributed by atoms with Gasteiger partial charge < -0.3 is 25.1 Å². The number of methoxy groups -OCH3 is 2. The van der Waals surface area contributed by atoms with Gasteiger partial charge in [-0.15, -0.1) is 0 Å². The molecule has 0 aromatic heterocycles. The quantitative estimate of drug-likeness (QED) is 0.0416. The number of halogens is 5. The molecule has 0 radical (unpaired) electrons. The number of likely N-dealkylation sites (tertiary alicyclic amines) is 1. The summed E-state index contributed by atoms with van der Waals surface area (Å²) in [5.74, 6) is 1.61. The number of nitrogens with zero attached hydrogens (tertiary/aromatic N) is 1. The van der Waals surface area contributed by atoms with E-state index in [0.717, 1.165) is 109 Å². The average Bonchev–Trinajstić information content (AvgIpc) is 0.750. The normalized spacial score (nSPS) is 12.9. The third-order valence-corrected chi connectivity index (χ3v) is 22.5.